The molecule has 0 aliphatic carbocycles. The summed E-state index contributed by atoms with van der Waals surface area (Å²) in [5.41, 5.74) is 13.8. The molecule has 0 fully saturated rings. The van der Waals surface area contributed by atoms with E-state index in [4.69, 9.17) is 4.99 Å². The zero-order valence-corrected chi connectivity index (χ0v) is 35.1. The van der Waals surface area contributed by atoms with Crippen LogP contribution in [0.1, 0.15) is 16.7 Å². The van der Waals surface area contributed by atoms with Gasteiger partial charge in [0.2, 0.25) is 0 Å². The molecule has 0 spiro atoms. The van der Waals surface area contributed by atoms with Crippen molar-refractivity contribution in [1.29, 1.82) is 0 Å². The third-order valence-electron chi connectivity index (χ3n) is 12.4. The minimum atomic E-state index is 0.573. The fourth-order valence-corrected chi connectivity index (χ4v) is 9.49. The molecule has 304 valence electrons. The minimum absolute atomic E-state index is 0.573. The van der Waals surface area contributed by atoms with Crippen LogP contribution in [0.4, 0.5) is 0 Å². The number of benzene rings is 10. The number of aromatic nitrogens is 2. The van der Waals surface area contributed by atoms with Crippen LogP contribution in [0.5, 0.6) is 0 Å². The summed E-state index contributed by atoms with van der Waals surface area (Å²) in [6, 6.07) is 81.3. The van der Waals surface area contributed by atoms with E-state index in [1.54, 1.807) is 0 Å². The van der Waals surface area contributed by atoms with Gasteiger partial charge in [0.25, 0.3) is 0 Å². The van der Waals surface area contributed by atoms with Crippen molar-refractivity contribution >= 4 is 77.6 Å². The molecule has 12 rings (SSSR count). The molecule has 0 aliphatic heterocycles. The first-order valence-electron chi connectivity index (χ1n) is 21.6. The maximum absolute atomic E-state index is 5.40. The van der Waals surface area contributed by atoms with E-state index in [9.17, 15) is 0 Å². The average Bonchev–Trinajstić information content (AvgIpc) is 3.84. The molecule has 0 aliphatic rings. The molecule has 5 heteroatoms. The Morgan fingerprint density at radius 3 is 1.69 bits per heavy atom. The number of hydrogen-bond acceptors (Lipinski definition) is 3. The van der Waals surface area contributed by atoms with E-state index in [0.717, 1.165) is 28.2 Å². The summed E-state index contributed by atoms with van der Waals surface area (Å²) in [4.78, 5) is 5.40. The molecule has 64 heavy (non-hydrogen) atoms. The number of nitrogens with two attached hydrogens (primary N) is 1. The van der Waals surface area contributed by atoms with Crippen molar-refractivity contribution in [2.45, 2.75) is 6.54 Å². The van der Waals surface area contributed by atoms with Gasteiger partial charge in [-0.1, -0.05) is 176 Å². The van der Waals surface area contributed by atoms with Crippen LogP contribution in [0.15, 0.2) is 235 Å². The van der Waals surface area contributed by atoms with Crippen molar-refractivity contribution in [1.82, 2.24) is 9.13 Å². The van der Waals surface area contributed by atoms with Crippen LogP contribution in [0, 0.1) is 0 Å². The second-order valence-corrected chi connectivity index (χ2v) is 16.1. The second kappa shape index (κ2) is 16.4. The molecule has 2 N–H and O–H groups in total. The summed E-state index contributed by atoms with van der Waals surface area (Å²) in [6.45, 7) is 3.46. The Bertz CT molecular complexity index is 3700. The van der Waals surface area contributed by atoms with Gasteiger partial charge in [-0.25, -0.2) is 0 Å². The Hall–Kier alpha value is -8.54. The Kier molecular flexibility index (Phi) is 9.83. The van der Waals surface area contributed by atoms with E-state index in [0.29, 0.717) is 6.54 Å². The highest BCUT2D eigenvalue weighted by Crippen LogP contribution is 2.42. The SMILES string of the molecule is C=NN.c1ccc(C(=NCc2ccc(-c3ccccc3)cc2)c2ccc(-n3c4ccccc4c4cc5c6cc7ccccc7cc6n(-c6ccccc6)c5cc43)c3ccccc23)cc1. The van der Waals surface area contributed by atoms with Gasteiger partial charge < -0.3 is 15.0 Å². The highest BCUT2D eigenvalue weighted by molar-refractivity contribution is 6.23. The molecule has 0 saturated heterocycles. The van der Waals surface area contributed by atoms with Crippen LogP contribution in [0.25, 0.3) is 87.7 Å². The summed E-state index contributed by atoms with van der Waals surface area (Å²) in [7, 11) is 0. The quantitative estimate of drug-likeness (QED) is 0.0971. The van der Waals surface area contributed by atoms with Gasteiger partial charge in [-0.15, -0.1) is 0 Å². The number of para-hydroxylation sites is 2. The largest absolute Gasteiger partial charge is 0.324 e. The molecule has 10 aromatic carbocycles. The first-order valence-corrected chi connectivity index (χ1v) is 21.6. The van der Waals surface area contributed by atoms with Gasteiger partial charge in [0.15, 0.2) is 0 Å². The molecule has 0 amide bonds. The third kappa shape index (κ3) is 6.68. The van der Waals surface area contributed by atoms with Gasteiger partial charge in [0.05, 0.1) is 40.0 Å². The van der Waals surface area contributed by atoms with E-state index >= 15 is 0 Å². The molecular formula is C59H43N5. The Labute approximate surface area is 371 Å². The Balaban J connectivity index is 0.00000148. The lowest BCUT2D eigenvalue weighted by Gasteiger charge is -2.16. The van der Waals surface area contributed by atoms with Crippen LogP contribution in [-0.2, 0) is 6.54 Å². The highest BCUT2D eigenvalue weighted by atomic mass is 15.1. The smallest absolute Gasteiger partial charge is 0.0729 e. The summed E-state index contributed by atoms with van der Waals surface area (Å²) in [6.07, 6.45) is 0. The predicted molar refractivity (Wildman–Crippen MR) is 272 cm³/mol. The second-order valence-electron chi connectivity index (χ2n) is 16.1. The molecule has 0 saturated carbocycles. The minimum Gasteiger partial charge on any atom is -0.324 e. The fraction of sp³-hybridized carbons (Fsp3) is 0.0169. The maximum atomic E-state index is 5.40. The molecule has 5 nitrogen and oxygen atoms in total. The van der Waals surface area contributed by atoms with Crippen molar-refractivity contribution in [3.8, 4) is 22.5 Å². The molecule has 0 radical (unpaired) electrons. The van der Waals surface area contributed by atoms with Gasteiger partial charge in [-0.3, -0.25) is 4.99 Å². The van der Waals surface area contributed by atoms with E-state index in [1.165, 1.54) is 81.8 Å². The van der Waals surface area contributed by atoms with Crippen molar-refractivity contribution in [2.24, 2.45) is 15.9 Å². The van der Waals surface area contributed by atoms with E-state index in [2.05, 4.69) is 251 Å². The lowest BCUT2D eigenvalue weighted by molar-refractivity contribution is 1.07. The van der Waals surface area contributed by atoms with Gasteiger partial charge in [-0.2, -0.15) is 5.10 Å². The lowest BCUT2D eigenvalue weighted by atomic mass is 9.95. The fourth-order valence-electron chi connectivity index (χ4n) is 9.49. The van der Waals surface area contributed by atoms with Crippen molar-refractivity contribution in [2.75, 3.05) is 0 Å². The van der Waals surface area contributed by atoms with Crippen molar-refractivity contribution in [3.05, 3.63) is 241 Å². The van der Waals surface area contributed by atoms with Crippen molar-refractivity contribution in [3.63, 3.8) is 0 Å². The molecule has 12 aromatic rings. The molecule has 0 atom stereocenters. The number of aliphatic imine (C=N–C) groups is 1. The van der Waals surface area contributed by atoms with Gasteiger partial charge >= 0.3 is 0 Å². The predicted octanol–water partition coefficient (Wildman–Crippen LogP) is 14.5. The zero-order valence-electron chi connectivity index (χ0n) is 35.1. The van der Waals surface area contributed by atoms with Crippen LogP contribution < -0.4 is 5.84 Å². The Morgan fingerprint density at radius 2 is 0.953 bits per heavy atom. The standard InChI is InChI=1S/C58H39N3.CH4N2/c1-4-16-40(17-5-1)41-30-28-39(29-31-41)38-59-58(42-18-6-2-7-19-42)49-32-33-54(47-25-13-12-24-46(47)49)61-53-27-15-14-26-48(53)51-36-52-50-34-43-20-10-11-21-44(43)35-55(50)60(56(52)37-57(51)61)45-22-8-3-9-23-45;1-3-2/h1-37H,38H2;1-2H2. The average molecular weight is 822 g/mol. The molecule has 2 aromatic heterocycles. The topological polar surface area (TPSA) is 60.6 Å². The number of rotatable bonds is 7. The molecule has 0 bridgehead atoms. The first-order chi connectivity index (χ1) is 31.7. The van der Waals surface area contributed by atoms with Gasteiger partial charge in [0.1, 0.15) is 0 Å². The first kappa shape index (κ1) is 38.4. The van der Waals surface area contributed by atoms with Crippen LogP contribution in [-0.4, -0.2) is 21.6 Å². The lowest BCUT2D eigenvalue weighted by Crippen LogP contribution is -2.06. The molecule has 2 heterocycles. The summed E-state index contributed by atoms with van der Waals surface area (Å²) >= 11 is 0. The molecular weight excluding hydrogens is 779 g/mol. The van der Waals surface area contributed by atoms with Crippen LogP contribution in [0.3, 0.4) is 0 Å². The van der Waals surface area contributed by atoms with Gasteiger partial charge in [-0.05, 0) is 81.4 Å². The summed E-state index contributed by atoms with van der Waals surface area (Å²) in [5, 5.41) is 12.5. The molecule has 0 unspecified atom stereocenters. The third-order valence-corrected chi connectivity index (χ3v) is 12.4. The number of hydrogen-bond donors (Lipinski definition) is 1. The van der Waals surface area contributed by atoms with E-state index in [1.807, 2.05) is 0 Å². The van der Waals surface area contributed by atoms with Crippen molar-refractivity contribution < 1.29 is 0 Å². The Morgan fingerprint density at radius 1 is 0.422 bits per heavy atom. The number of fused-ring (bicyclic) bond motifs is 8. The van der Waals surface area contributed by atoms with E-state index < -0.39 is 0 Å². The van der Waals surface area contributed by atoms with E-state index in [-0.39, 0.29) is 0 Å². The monoisotopic (exact) mass is 821 g/mol. The van der Waals surface area contributed by atoms with Crippen LogP contribution >= 0.6 is 0 Å². The number of hydrazone groups is 1. The number of nitrogens with zero attached hydrogens (tertiary/aromatic N) is 4. The van der Waals surface area contributed by atoms with Gasteiger partial charge in [0, 0.05) is 50.5 Å². The summed E-state index contributed by atoms with van der Waals surface area (Å²) < 4.78 is 4.92. The normalized spacial score (nSPS) is 11.7. The zero-order chi connectivity index (χ0) is 43.0. The van der Waals surface area contributed by atoms with Crippen LogP contribution in [0.2, 0.25) is 0 Å². The maximum Gasteiger partial charge on any atom is 0.0729 e. The highest BCUT2D eigenvalue weighted by Gasteiger charge is 2.21. The summed E-state index contributed by atoms with van der Waals surface area (Å²) in [5.74, 6) is 4.36.